The van der Waals surface area contributed by atoms with Crippen LogP contribution >= 0.6 is 0 Å². The van der Waals surface area contributed by atoms with Crippen LogP contribution in [-0.2, 0) is 16.1 Å². The van der Waals surface area contributed by atoms with E-state index in [1.807, 2.05) is 10.9 Å². The molecular formula is C13H22N4O2. The van der Waals surface area contributed by atoms with E-state index in [0.717, 1.165) is 6.54 Å². The van der Waals surface area contributed by atoms with Gasteiger partial charge in [0.15, 0.2) is 0 Å². The van der Waals surface area contributed by atoms with Crippen LogP contribution in [0, 0.1) is 5.92 Å². The van der Waals surface area contributed by atoms with Crippen molar-refractivity contribution in [3.8, 4) is 0 Å². The molecule has 1 aliphatic rings. The van der Waals surface area contributed by atoms with Crippen molar-refractivity contribution in [2.24, 2.45) is 11.7 Å². The van der Waals surface area contributed by atoms with Crippen LogP contribution in [0.15, 0.2) is 12.4 Å². The number of amides is 1. The summed E-state index contributed by atoms with van der Waals surface area (Å²) in [5.74, 6) is 0.361. The summed E-state index contributed by atoms with van der Waals surface area (Å²) in [4.78, 5) is 12.2. The summed E-state index contributed by atoms with van der Waals surface area (Å²) in [5.41, 5.74) is 5.99. The lowest BCUT2D eigenvalue weighted by Crippen LogP contribution is -2.54. The highest BCUT2D eigenvalue weighted by Gasteiger charge is 2.36. The van der Waals surface area contributed by atoms with Crippen LogP contribution in [0.4, 0.5) is 5.69 Å². The highest BCUT2D eigenvalue weighted by molar-refractivity contribution is 5.97. The lowest BCUT2D eigenvalue weighted by Gasteiger charge is -2.31. The molecule has 0 unspecified atom stereocenters. The van der Waals surface area contributed by atoms with Gasteiger partial charge in [-0.3, -0.25) is 9.48 Å². The number of nitrogens with two attached hydrogens (primary N) is 1. The number of nitrogens with one attached hydrogen (secondary N) is 1. The fraction of sp³-hybridized carbons (Fsp3) is 0.692. The number of nitrogens with zero attached hydrogens (tertiary/aromatic N) is 2. The van der Waals surface area contributed by atoms with Crippen molar-refractivity contribution >= 4 is 11.6 Å². The summed E-state index contributed by atoms with van der Waals surface area (Å²) in [7, 11) is 0. The third-order valence-corrected chi connectivity index (χ3v) is 3.28. The third kappa shape index (κ3) is 3.54. The Kier molecular flexibility index (Phi) is 4.21. The van der Waals surface area contributed by atoms with Crippen LogP contribution in [0.1, 0.15) is 26.7 Å². The van der Waals surface area contributed by atoms with Gasteiger partial charge in [-0.25, -0.2) is 0 Å². The topological polar surface area (TPSA) is 82.2 Å². The van der Waals surface area contributed by atoms with Gasteiger partial charge in [0.25, 0.3) is 0 Å². The molecule has 2 heterocycles. The number of aromatic nitrogens is 2. The zero-order chi connectivity index (χ0) is 13.9. The molecule has 0 spiro atoms. The summed E-state index contributed by atoms with van der Waals surface area (Å²) in [6.07, 6.45) is 4.60. The zero-order valence-electron chi connectivity index (χ0n) is 11.6. The molecule has 0 bridgehead atoms. The molecule has 19 heavy (non-hydrogen) atoms. The minimum atomic E-state index is -0.821. The molecule has 1 amide bonds. The minimum absolute atomic E-state index is 0.153. The Labute approximate surface area is 113 Å². The molecule has 0 aliphatic carbocycles. The number of ether oxygens (including phenoxy) is 1. The van der Waals surface area contributed by atoms with Gasteiger partial charge in [0.2, 0.25) is 5.91 Å². The van der Waals surface area contributed by atoms with E-state index in [0.29, 0.717) is 37.7 Å². The molecule has 0 radical (unpaired) electrons. The van der Waals surface area contributed by atoms with E-state index in [2.05, 4.69) is 24.3 Å². The molecule has 1 aromatic heterocycles. The third-order valence-electron chi connectivity index (χ3n) is 3.28. The average molecular weight is 266 g/mol. The first kappa shape index (κ1) is 14.0. The number of carbonyl (C=O) groups excluding carboxylic acids is 1. The molecule has 0 aromatic carbocycles. The quantitative estimate of drug-likeness (QED) is 0.851. The summed E-state index contributed by atoms with van der Waals surface area (Å²) < 4.78 is 7.06. The average Bonchev–Trinajstić information content (AvgIpc) is 2.76. The largest absolute Gasteiger partial charge is 0.381 e. The number of hydrogen-bond acceptors (Lipinski definition) is 4. The maximum atomic E-state index is 12.2. The number of hydrogen-bond donors (Lipinski definition) is 2. The van der Waals surface area contributed by atoms with E-state index >= 15 is 0 Å². The number of carbonyl (C=O) groups is 1. The van der Waals surface area contributed by atoms with Crippen molar-refractivity contribution in [3.63, 3.8) is 0 Å². The van der Waals surface area contributed by atoms with E-state index in [1.54, 1.807) is 6.20 Å². The molecule has 1 aromatic rings. The van der Waals surface area contributed by atoms with E-state index in [1.165, 1.54) is 0 Å². The molecule has 106 valence electrons. The van der Waals surface area contributed by atoms with Crippen molar-refractivity contribution in [1.29, 1.82) is 0 Å². The smallest absolute Gasteiger partial charge is 0.244 e. The molecule has 0 saturated carbocycles. The Balaban J connectivity index is 1.96. The maximum Gasteiger partial charge on any atom is 0.244 e. The standard InChI is InChI=1S/C13H22N4O2/c1-10(2)8-17-9-11(7-15-17)16-12(18)13(14)3-5-19-6-4-13/h7,9-10H,3-6,8,14H2,1-2H3,(H,16,18). The normalized spacial score (nSPS) is 18.5. The van der Waals surface area contributed by atoms with Crippen LogP contribution in [0.3, 0.4) is 0 Å². The summed E-state index contributed by atoms with van der Waals surface area (Å²) in [6.45, 7) is 6.15. The van der Waals surface area contributed by atoms with E-state index in [9.17, 15) is 4.79 Å². The zero-order valence-corrected chi connectivity index (χ0v) is 11.6. The van der Waals surface area contributed by atoms with Gasteiger partial charge in [0.1, 0.15) is 5.54 Å². The monoisotopic (exact) mass is 266 g/mol. The van der Waals surface area contributed by atoms with Crippen molar-refractivity contribution < 1.29 is 9.53 Å². The Morgan fingerprint density at radius 2 is 2.26 bits per heavy atom. The van der Waals surface area contributed by atoms with Crippen LogP contribution in [-0.4, -0.2) is 34.4 Å². The first-order valence-corrected chi connectivity index (χ1v) is 6.70. The van der Waals surface area contributed by atoms with Crippen molar-refractivity contribution in [2.45, 2.75) is 38.8 Å². The van der Waals surface area contributed by atoms with Gasteiger partial charge < -0.3 is 15.8 Å². The molecule has 1 fully saturated rings. The molecular weight excluding hydrogens is 244 g/mol. The maximum absolute atomic E-state index is 12.2. The van der Waals surface area contributed by atoms with Gasteiger partial charge in [0.05, 0.1) is 11.9 Å². The van der Waals surface area contributed by atoms with Gasteiger partial charge in [-0.2, -0.15) is 5.10 Å². The second-order valence-corrected chi connectivity index (χ2v) is 5.57. The Morgan fingerprint density at radius 3 is 2.89 bits per heavy atom. The van der Waals surface area contributed by atoms with Crippen LogP contribution in [0.2, 0.25) is 0 Å². The molecule has 3 N–H and O–H groups in total. The summed E-state index contributed by atoms with van der Waals surface area (Å²) in [5, 5.41) is 7.06. The van der Waals surface area contributed by atoms with E-state index in [-0.39, 0.29) is 5.91 Å². The van der Waals surface area contributed by atoms with E-state index in [4.69, 9.17) is 10.5 Å². The first-order valence-electron chi connectivity index (χ1n) is 6.70. The summed E-state index contributed by atoms with van der Waals surface area (Å²) >= 11 is 0. The number of rotatable bonds is 4. The van der Waals surface area contributed by atoms with Gasteiger partial charge in [0, 0.05) is 26.0 Å². The molecule has 2 rings (SSSR count). The molecule has 0 atom stereocenters. The highest BCUT2D eigenvalue weighted by Crippen LogP contribution is 2.20. The van der Waals surface area contributed by atoms with Crippen molar-refractivity contribution in [2.75, 3.05) is 18.5 Å². The molecule has 1 saturated heterocycles. The Morgan fingerprint density at radius 1 is 1.58 bits per heavy atom. The van der Waals surface area contributed by atoms with Crippen LogP contribution in [0.25, 0.3) is 0 Å². The number of anilines is 1. The second-order valence-electron chi connectivity index (χ2n) is 5.57. The van der Waals surface area contributed by atoms with Crippen LogP contribution < -0.4 is 11.1 Å². The SMILES string of the molecule is CC(C)Cn1cc(NC(=O)C2(N)CCOCC2)cn1. The fourth-order valence-corrected chi connectivity index (χ4v) is 2.12. The summed E-state index contributed by atoms with van der Waals surface area (Å²) in [6, 6.07) is 0. The van der Waals surface area contributed by atoms with Gasteiger partial charge in [-0.05, 0) is 18.8 Å². The van der Waals surface area contributed by atoms with Crippen molar-refractivity contribution in [1.82, 2.24) is 9.78 Å². The van der Waals surface area contributed by atoms with Crippen molar-refractivity contribution in [3.05, 3.63) is 12.4 Å². The first-order chi connectivity index (χ1) is 8.99. The van der Waals surface area contributed by atoms with Gasteiger partial charge >= 0.3 is 0 Å². The highest BCUT2D eigenvalue weighted by atomic mass is 16.5. The minimum Gasteiger partial charge on any atom is -0.381 e. The lowest BCUT2D eigenvalue weighted by atomic mass is 9.90. The molecule has 1 aliphatic heterocycles. The predicted molar refractivity (Wildman–Crippen MR) is 72.7 cm³/mol. The lowest BCUT2D eigenvalue weighted by molar-refractivity contribution is -0.124. The predicted octanol–water partition coefficient (Wildman–Crippen LogP) is 0.985. The van der Waals surface area contributed by atoms with Gasteiger partial charge in [-0.15, -0.1) is 0 Å². The Bertz CT molecular complexity index is 436. The molecule has 6 nitrogen and oxygen atoms in total. The van der Waals surface area contributed by atoms with Gasteiger partial charge in [-0.1, -0.05) is 13.8 Å². The Hall–Kier alpha value is -1.40. The van der Waals surface area contributed by atoms with Crippen LogP contribution in [0.5, 0.6) is 0 Å². The van der Waals surface area contributed by atoms with E-state index < -0.39 is 5.54 Å². The second kappa shape index (κ2) is 5.71. The molecule has 6 heteroatoms. The fourth-order valence-electron chi connectivity index (χ4n) is 2.12.